The minimum atomic E-state index is -2.26. The summed E-state index contributed by atoms with van der Waals surface area (Å²) in [6, 6.07) is 6.29. The van der Waals surface area contributed by atoms with E-state index in [0.29, 0.717) is 32.2 Å². The first-order valence-electron chi connectivity index (χ1n) is 16.7. The van der Waals surface area contributed by atoms with E-state index in [1.165, 1.54) is 5.01 Å². The van der Waals surface area contributed by atoms with Gasteiger partial charge in [-0.1, -0.05) is 65.0 Å². The number of allylic oxidation sites excluding steroid dienone is 1. The van der Waals surface area contributed by atoms with Gasteiger partial charge >= 0.3 is 5.97 Å². The van der Waals surface area contributed by atoms with Crippen LogP contribution in [0.3, 0.4) is 0 Å². The molecule has 0 spiro atoms. The lowest BCUT2D eigenvalue weighted by Crippen LogP contribution is -2.61. The molecule has 2 aliphatic heterocycles. The predicted molar refractivity (Wildman–Crippen MR) is 183 cm³/mol. The van der Waals surface area contributed by atoms with E-state index in [-0.39, 0.29) is 28.8 Å². The van der Waals surface area contributed by atoms with Crippen molar-refractivity contribution < 1.29 is 28.3 Å². The number of carbonyl (C=O) groups excluding carboxylic acids is 4. The van der Waals surface area contributed by atoms with Crippen LogP contribution in [0, 0.1) is 11.8 Å². The Morgan fingerprint density at radius 2 is 1.65 bits per heavy atom. The van der Waals surface area contributed by atoms with Crippen LogP contribution in [-0.4, -0.2) is 67.9 Å². The minimum absolute atomic E-state index is 0.0634. The lowest BCUT2D eigenvalue weighted by molar-refractivity contribution is -0.165. The normalized spacial score (nSPS) is 28.8. The lowest BCUT2D eigenvalue weighted by Gasteiger charge is -2.40. The Hall–Kier alpha value is -3.02. The number of nitrogens with zero attached hydrogens (tertiary/aromatic N) is 1. The summed E-state index contributed by atoms with van der Waals surface area (Å²) in [6.07, 6.45) is 5.11. The number of hydrazine groups is 1. The molecule has 6 atom stereocenters. The van der Waals surface area contributed by atoms with Gasteiger partial charge in [-0.2, -0.15) is 0 Å². The number of esters is 1. The third-order valence-electron chi connectivity index (χ3n) is 9.48. The number of carbonyl (C=O) groups is 4. The van der Waals surface area contributed by atoms with Crippen molar-refractivity contribution in [2.24, 2.45) is 11.8 Å². The molecule has 1 fully saturated rings. The molecule has 2 aliphatic rings. The highest BCUT2D eigenvalue weighted by Gasteiger charge is 2.42. The van der Waals surface area contributed by atoms with E-state index in [4.69, 9.17) is 9.16 Å². The number of fused-ring (bicyclic) bond motifs is 4. The molecule has 0 radical (unpaired) electrons. The summed E-state index contributed by atoms with van der Waals surface area (Å²) in [5.74, 6) is -2.55. The zero-order valence-electron chi connectivity index (χ0n) is 29.4. The fourth-order valence-electron chi connectivity index (χ4n) is 5.38. The van der Waals surface area contributed by atoms with Crippen LogP contribution < -0.4 is 16.1 Å². The molecule has 2 heterocycles. The fraction of sp³-hybridized carbons (Fsp3) is 0.657. The molecule has 0 saturated carbocycles. The Morgan fingerprint density at radius 3 is 2.30 bits per heavy atom. The number of hydrogen-bond donors (Lipinski definition) is 3. The molecule has 1 saturated heterocycles. The summed E-state index contributed by atoms with van der Waals surface area (Å²) >= 11 is 0. The molecule has 3 N–H and O–H groups in total. The molecule has 1 aromatic rings. The maximum absolute atomic E-state index is 13.6. The SMILES string of the molecule is CC(C)[C@@H]1OC(=O)[C@H](C)[C@H](O[Si](C)(C)C(C)(C)C)CC/C=C\c2cccc(c2)[C@@H](C)NC(=O)[C@@H]2CCCN(N2)C(=O)[C@H](C)NC1=O. The Bertz CT molecular complexity index is 1280. The third-order valence-corrected chi connectivity index (χ3v) is 14.0. The third kappa shape index (κ3) is 9.74. The van der Waals surface area contributed by atoms with Crippen molar-refractivity contribution in [1.29, 1.82) is 0 Å². The lowest BCUT2D eigenvalue weighted by atomic mass is 9.99. The van der Waals surface area contributed by atoms with Gasteiger partial charge in [0.05, 0.1) is 18.1 Å². The van der Waals surface area contributed by atoms with Crippen molar-refractivity contribution in [2.45, 2.75) is 130 Å². The first kappa shape index (κ1) is 37.4. The monoisotopic (exact) mass is 656 g/mol. The van der Waals surface area contributed by atoms with E-state index in [0.717, 1.165) is 11.1 Å². The van der Waals surface area contributed by atoms with Crippen LogP contribution in [0.15, 0.2) is 30.3 Å². The summed E-state index contributed by atoms with van der Waals surface area (Å²) in [5.41, 5.74) is 5.03. The number of benzene rings is 1. The Labute approximate surface area is 276 Å². The highest BCUT2D eigenvalue weighted by atomic mass is 28.4. The quantitative estimate of drug-likeness (QED) is 0.299. The molecular formula is C35H56N4O6Si. The Balaban J connectivity index is 1.95. The van der Waals surface area contributed by atoms with Gasteiger partial charge in [0.2, 0.25) is 5.91 Å². The van der Waals surface area contributed by atoms with Crippen LogP contribution in [0.25, 0.3) is 6.08 Å². The maximum Gasteiger partial charge on any atom is 0.312 e. The van der Waals surface area contributed by atoms with Crippen molar-refractivity contribution in [3.8, 4) is 0 Å². The summed E-state index contributed by atoms with van der Waals surface area (Å²) < 4.78 is 12.7. The van der Waals surface area contributed by atoms with Crippen LogP contribution in [0.2, 0.25) is 18.1 Å². The summed E-state index contributed by atoms with van der Waals surface area (Å²) in [5, 5.41) is 7.18. The minimum Gasteiger partial charge on any atom is -0.452 e. The van der Waals surface area contributed by atoms with Gasteiger partial charge in [0, 0.05) is 6.54 Å². The molecule has 0 aromatic heterocycles. The van der Waals surface area contributed by atoms with Crippen molar-refractivity contribution in [3.05, 3.63) is 41.5 Å². The largest absolute Gasteiger partial charge is 0.452 e. The van der Waals surface area contributed by atoms with E-state index in [1.807, 2.05) is 31.2 Å². The number of amides is 3. The van der Waals surface area contributed by atoms with Gasteiger partial charge in [0.1, 0.15) is 12.1 Å². The fourth-order valence-corrected chi connectivity index (χ4v) is 6.81. The second-order valence-corrected chi connectivity index (χ2v) is 19.5. The molecule has 256 valence electrons. The molecule has 11 heteroatoms. The predicted octanol–water partition coefficient (Wildman–Crippen LogP) is 5.27. The van der Waals surface area contributed by atoms with Crippen molar-refractivity contribution in [3.63, 3.8) is 0 Å². The average Bonchev–Trinajstić information content (AvgIpc) is 2.99. The molecule has 3 rings (SSSR count). The standard InChI is InChI=1S/C35H56N4O6Si/c1-22(2)30-32(41)37-25(5)33(42)39-20-14-18-28(38-39)31(40)36-24(4)27-17-13-16-26(21-27)15-11-12-19-29(23(3)34(43)44-30)45-46(9,10)35(6,7)8/h11,13,15-17,21-25,28-30,38H,12,14,18-20H2,1-10H3,(H,36,40)(H,37,41)/b15-11-/t23-,24-,25+,28+,29-,30+/m1/s1. The smallest absolute Gasteiger partial charge is 0.312 e. The average molecular weight is 657 g/mol. The van der Waals surface area contributed by atoms with Crippen LogP contribution in [-0.2, 0) is 28.3 Å². The molecule has 1 aromatic carbocycles. The van der Waals surface area contributed by atoms with Gasteiger partial charge in [-0.3, -0.25) is 24.2 Å². The van der Waals surface area contributed by atoms with Crippen molar-refractivity contribution >= 4 is 38.1 Å². The molecule has 4 bridgehead atoms. The van der Waals surface area contributed by atoms with E-state index >= 15 is 0 Å². The molecule has 10 nitrogen and oxygen atoms in total. The summed E-state index contributed by atoms with van der Waals surface area (Å²) in [4.78, 5) is 53.7. The second-order valence-electron chi connectivity index (χ2n) is 14.7. The Kier molecular flexibility index (Phi) is 12.8. The van der Waals surface area contributed by atoms with Gasteiger partial charge < -0.3 is 19.8 Å². The van der Waals surface area contributed by atoms with Gasteiger partial charge in [-0.25, -0.2) is 5.43 Å². The number of ether oxygens (including phenoxy) is 1. The zero-order valence-corrected chi connectivity index (χ0v) is 30.4. The Morgan fingerprint density at radius 1 is 0.978 bits per heavy atom. The highest BCUT2D eigenvalue weighted by Crippen LogP contribution is 2.39. The van der Waals surface area contributed by atoms with E-state index < -0.39 is 50.4 Å². The number of hydrogen-bond acceptors (Lipinski definition) is 7. The molecule has 0 unspecified atom stereocenters. The highest BCUT2D eigenvalue weighted by molar-refractivity contribution is 6.74. The van der Waals surface area contributed by atoms with Crippen molar-refractivity contribution in [2.75, 3.05) is 6.54 Å². The van der Waals surface area contributed by atoms with Crippen LogP contribution in [0.1, 0.15) is 98.2 Å². The second kappa shape index (κ2) is 15.7. The number of rotatable bonds is 3. The van der Waals surface area contributed by atoms with Crippen molar-refractivity contribution in [1.82, 2.24) is 21.1 Å². The maximum atomic E-state index is 13.6. The zero-order chi connectivity index (χ0) is 34.4. The van der Waals surface area contributed by atoms with E-state index in [1.54, 1.807) is 27.7 Å². The number of nitrogens with one attached hydrogen (secondary N) is 3. The molecule has 46 heavy (non-hydrogen) atoms. The van der Waals surface area contributed by atoms with Crippen LogP contribution >= 0.6 is 0 Å². The first-order chi connectivity index (χ1) is 21.4. The van der Waals surface area contributed by atoms with Gasteiger partial charge in [0.25, 0.3) is 11.8 Å². The summed E-state index contributed by atoms with van der Waals surface area (Å²) in [7, 11) is -2.26. The van der Waals surface area contributed by atoms with Crippen LogP contribution in [0.4, 0.5) is 0 Å². The summed E-state index contributed by atoms with van der Waals surface area (Å²) in [6.45, 7) is 20.2. The van der Waals surface area contributed by atoms with Gasteiger partial charge in [-0.05, 0) is 87.7 Å². The van der Waals surface area contributed by atoms with Crippen LogP contribution in [0.5, 0.6) is 0 Å². The molecule has 3 amide bonds. The first-order valence-corrected chi connectivity index (χ1v) is 19.6. The molecule has 0 aliphatic carbocycles. The van der Waals surface area contributed by atoms with Gasteiger partial charge in [-0.15, -0.1) is 0 Å². The van der Waals surface area contributed by atoms with Gasteiger partial charge in [0.15, 0.2) is 14.4 Å². The van der Waals surface area contributed by atoms with E-state index in [2.05, 4.69) is 62.1 Å². The topological polar surface area (TPSA) is 126 Å². The number of cyclic esters (lactones) is 1. The molecular weight excluding hydrogens is 600 g/mol. The van der Waals surface area contributed by atoms with E-state index in [9.17, 15) is 19.2 Å².